The number of nitrogens with zero attached hydrogens (tertiary/aromatic N) is 2. The Morgan fingerprint density at radius 1 is 0.688 bits per heavy atom. The molecule has 94 valence electrons. The van der Waals surface area contributed by atoms with Crippen molar-refractivity contribution in [1.82, 2.24) is 9.80 Å². The Labute approximate surface area is 98.6 Å². The van der Waals surface area contributed by atoms with Gasteiger partial charge >= 0.3 is 0 Å². The van der Waals surface area contributed by atoms with E-state index in [1.165, 1.54) is 0 Å². The lowest BCUT2D eigenvalue weighted by atomic mass is 10.2. The molecule has 16 heavy (non-hydrogen) atoms. The summed E-state index contributed by atoms with van der Waals surface area (Å²) in [5, 5.41) is 0. The fraction of sp³-hybridized carbons (Fsp3) is 0.833. The molecule has 0 fully saturated rings. The maximum Gasteiger partial charge on any atom is 0.223 e. The Hall–Kier alpha value is -1.06. The highest BCUT2D eigenvalue weighted by Crippen LogP contribution is 2.01. The third-order valence-electron chi connectivity index (χ3n) is 2.79. The first-order chi connectivity index (χ1) is 7.60. The second-order valence-corrected chi connectivity index (χ2v) is 3.63. The molecule has 0 radical (unpaired) electrons. The molecule has 0 saturated carbocycles. The Morgan fingerprint density at radius 3 is 1.12 bits per heavy atom. The third-order valence-corrected chi connectivity index (χ3v) is 2.79. The third kappa shape index (κ3) is 4.64. The van der Waals surface area contributed by atoms with E-state index in [9.17, 15) is 9.59 Å². The van der Waals surface area contributed by atoms with Gasteiger partial charge in [-0.15, -0.1) is 0 Å². The number of hydrogen-bond donors (Lipinski definition) is 0. The van der Waals surface area contributed by atoms with Crippen molar-refractivity contribution in [3.8, 4) is 0 Å². The van der Waals surface area contributed by atoms with Crippen LogP contribution in [0.4, 0.5) is 0 Å². The van der Waals surface area contributed by atoms with Gasteiger partial charge in [0.2, 0.25) is 11.8 Å². The molecule has 0 N–H and O–H groups in total. The molecule has 0 saturated heterocycles. The standard InChI is InChI=1S/C12H24N2O2/c1-5-13(6-2)11(15)9-10-12(16)14(7-3)8-4/h5-10H2,1-4H3. The number of amides is 2. The van der Waals surface area contributed by atoms with Crippen LogP contribution in [0.3, 0.4) is 0 Å². The van der Waals surface area contributed by atoms with E-state index in [0.717, 1.165) is 26.2 Å². The molecule has 4 heteroatoms. The summed E-state index contributed by atoms with van der Waals surface area (Å²) in [5.41, 5.74) is 0. The molecule has 0 aliphatic rings. The summed E-state index contributed by atoms with van der Waals surface area (Å²) in [5.74, 6) is 0.149. The summed E-state index contributed by atoms with van der Waals surface area (Å²) in [7, 11) is 0. The van der Waals surface area contributed by atoms with Crippen LogP contribution in [-0.2, 0) is 9.59 Å². The molecule has 0 unspecified atom stereocenters. The van der Waals surface area contributed by atoms with Gasteiger partial charge in [-0.25, -0.2) is 0 Å². The van der Waals surface area contributed by atoms with E-state index >= 15 is 0 Å². The molecule has 4 nitrogen and oxygen atoms in total. The van der Waals surface area contributed by atoms with Gasteiger partial charge in [0.1, 0.15) is 0 Å². The number of carbonyl (C=O) groups is 2. The molecule has 2 amide bonds. The lowest BCUT2D eigenvalue weighted by Crippen LogP contribution is -2.34. The van der Waals surface area contributed by atoms with Crippen molar-refractivity contribution in [2.24, 2.45) is 0 Å². The predicted molar refractivity (Wildman–Crippen MR) is 65.1 cm³/mol. The van der Waals surface area contributed by atoms with Crippen molar-refractivity contribution in [1.29, 1.82) is 0 Å². The number of rotatable bonds is 7. The topological polar surface area (TPSA) is 40.6 Å². The first-order valence-corrected chi connectivity index (χ1v) is 6.16. The largest absolute Gasteiger partial charge is 0.343 e. The Bertz CT molecular complexity index is 197. The van der Waals surface area contributed by atoms with Crippen LogP contribution < -0.4 is 0 Å². The monoisotopic (exact) mass is 228 g/mol. The molecule has 0 aromatic heterocycles. The second-order valence-electron chi connectivity index (χ2n) is 3.63. The Morgan fingerprint density at radius 2 is 0.938 bits per heavy atom. The molecule has 0 aromatic carbocycles. The van der Waals surface area contributed by atoms with Gasteiger partial charge in [-0.1, -0.05) is 0 Å². The van der Waals surface area contributed by atoms with Gasteiger partial charge in [-0.3, -0.25) is 9.59 Å². The summed E-state index contributed by atoms with van der Waals surface area (Å²) in [6.07, 6.45) is 0.661. The highest BCUT2D eigenvalue weighted by Gasteiger charge is 2.14. The fourth-order valence-electron chi connectivity index (χ4n) is 1.68. The lowest BCUT2D eigenvalue weighted by Gasteiger charge is -2.21. The van der Waals surface area contributed by atoms with E-state index in [1.54, 1.807) is 9.80 Å². The molecular formula is C12H24N2O2. The minimum Gasteiger partial charge on any atom is -0.343 e. The van der Waals surface area contributed by atoms with E-state index < -0.39 is 0 Å². The molecule has 0 aliphatic carbocycles. The molecule has 0 rings (SSSR count). The van der Waals surface area contributed by atoms with Gasteiger partial charge in [0, 0.05) is 39.0 Å². The maximum absolute atomic E-state index is 11.7. The predicted octanol–water partition coefficient (Wildman–Crippen LogP) is 1.50. The molecular weight excluding hydrogens is 204 g/mol. The Balaban J connectivity index is 4.04. The molecule has 0 aliphatic heterocycles. The highest BCUT2D eigenvalue weighted by atomic mass is 16.2. The smallest absolute Gasteiger partial charge is 0.223 e. The Kier molecular flexibility index (Phi) is 7.60. The zero-order valence-corrected chi connectivity index (χ0v) is 11.0. The van der Waals surface area contributed by atoms with E-state index in [1.807, 2.05) is 27.7 Å². The van der Waals surface area contributed by atoms with E-state index in [0.29, 0.717) is 12.8 Å². The van der Waals surface area contributed by atoms with E-state index in [4.69, 9.17) is 0 Å². The van der Waals surface area contributed by atoms with E-state index in [2.05, 4.69) is 0 Å². The fourth-order valence-corrected chi connectivity index (χ4v) is 1.68. The van der Waals surface area contributed by atoms with Gasteiger partial charge < -0.3 is 9.80 Å². The van der Waals surface area contributed by atoms with Gasteiger partial charge in [-0.2, -0.15) is 0 Å². The summed E-state index contributed by atoms with van der Waals surface area (Å²) < 4.78 is 0. The van der Waals surface area contributed by atoms with Crippen LogP contribution in [0.2, 0.25) is 0 Å². The van der Waals surface area contributed by atoms with Gasteiger partial charge in [0.15, 0.2) is 0 Å². The number of carbonyl (C=O) groups excluding carboxylic acids is 2. The lowest BCUT2D eigenvalue weighted by molar-refractivity contribution is -0.136. The normalized spacial score (nSPS) is 10.0. The first kappa shape index (κ1) is 14.9. The highest BCUT2D eigenvalue weighted by molar-refractivity contribution is 5.83. The molecule has 0 bridgehead atoms. The zero-order chi connectivity index (χ0) is 12.6. The van der Waals surface area contributed by atoms with Crippen molar-refractivity contribution in [3.63, 3.8) is 0 Å². The molecule has 0 atom stereocenters. The van der Waals surface area contributed by atoms with Crippen LogP contribution in [-0.4, -0.2) is 47.8 Å². The number of hydrogen-bond acceptors (Lipinski definition) is 2. The van der Waals surface area contributed by atoms with Crippen molar-refractivity contribution in [2.45, 2.75) is 40.5 Å². The summed E-state index contributed by atoms with van der Waals surface area (Å²) in [6, 6.07) is 0. The van der Waals surface area contributed by atoms with Gasteiger partial charge in [0.25, 0.3) is 0 Å². The average Bonchev–Trinajstić information content (AvgIpc) is 2.29. The van der Waals surface area contributed by atoms with Crippen LogP contribution in [0.1, 0.15) is 40.5 Å². The quantitative estimate of drug-likeness (QED) is 0.662. The van der Waals surface area contributed by atoms with Crippen molar-refractivity contribution < 1.29 is 9.59 Å². The van der Waals surface area contributed by atoms with Gasteiger partial charge in [-0.05, 0) is 27.7 Å². The molecule has 0 aromatic rings. The van der Waals surface area contributed by atoms with Crippen LogP contribution in [0.25, 0.3) is 0 Å². The SMILES string of the molecule is CCN(CC)C(=O)CCC(=O)N(CC)CC. The molecule has 0 spiro atoms. The zero-order valence-electron chi connectivity index (χ0n) is 11.0. The van der Waals surface area contributed by atoms with Crippen molar-refractivity contribution in [2.75, 3.05) is 26.2 Å². The van der Waals surface area contributed by atoms with Crippen LogP contribution >= 0.6 is 0 Å². The minimum atomic E-state index is 0.0745. The summed E-state index contributed by atoms with van der Waals surface area (Å²) in [4.78, 5) is 26.8. The second kappa shape index (κ2) is 8.13. The minimum absolute atomic E-state index is 0.0745. The van der Waals surface area contributed by atoms with Crippen molar-refractivity contribution in [3.05, 3.63) is 0 Å². The average molecular weight is 228 g/mol. The summed E-state index contributed by atoms with van der Waals surface area (Å²) in [6.45, 7) is 10.7. The maximum atomic E-state index is 11.7. The van der Waals surface area contributed by atoms with E-state index in [-0.39, 0.29) is 11.8 Å². The van der Waals surface area contributed by atoms with Crippen LogP contribution in [0, 0.1) is 0 Å². The summed E-state index contributed by atoms with van der Waals surface area (Å²) >= 11 is 0. The van der Waals surface area contributed by atoms with Crippen molar-refractivity contribution >= 4 is 11.8 Å². The molecule has 0 heterocycles. The van der Waals surface area contributed by atoms with Gasteiger partial charge in [0.05, 0.1) is 0 Å². The van der Waals surface area contributed by atoms with Crippen LogP contribution in [0.15, 0.2) is 0 Å². The first-order valence-electron chi connectivity index (χ1n) is 6.16. The van der Waals surface area contributed by atoms with Crippen LogP contribution in [0.5, 0.6) is 0 Å².